The number of hydrogen-bond donors (Lipinski definition) is 1. The highest BCUT2D eigenvalue weighted by atomic mass is 79.9. The quantitative estimate of drug-likeness (QED) is 0.895. The number of ether oxygens (including phenoxy) is 1. The van der Waals surface area contributed by atoms with Gasteiger partial charge < -0.3 is 15.0 Å². The van der Waals surface area contributed by atoms with Crippen LogP contribution in [0.4, 0.5) is 0 Å². The molecule has 1 unspecified atom stereocenters. The molecule has 23 heavy (non-hydrogen) atoms. The van der Waals surface area contributed by atoms with E-state index in [9.17, 15) is 4.79 Å². The Morgan fingerprint density at radius 2 is 2.30 bits per heavy atom. The standard InChI is InChI=1S/C17H18BrN3O2/c1-23-13-4-5-15(18)14(9-13)17(22)21-8-7-20-11-16(21)12-3-2-6-19-10-12/h2-6,9-10,16,20H,7-8,11H2,1H3. The first-order valence-electron chi connectivity index (χ1n) is 7.46. The highest BCUT2D eigenvalue weighted by molar-refractivity contribution is 9.10. The van der Waals surface area contributed by atoms with Crippen molar-refractivity contribution in [1.82, 2.24) is 15.2 Å². The van der Waals surface area contributed by atoms with Gasteiger partial charge in [0.15, 0.2) is 0 Å². The van der Waals surface area contributed by atoms with Crippen LogP contribution < -0.4 is 10.1 Å². The molecule has 120 valence electrons. The number of aromatic nitrogens is 1. The average Bonchev–Trinajstić information content (AvgIpc) is 2.62. The van der Waals surface area contributed by atoms with E-state index in [0.717, 1.165) is 23.1 Å². The first-order chi connectivity index (χ1) is 11.2. The van der Waals surface area contributed by atoms with Crippen LogP contribution in [0.1, 0.15) is 22.0 Å². The molecule has 0 spiro atoms. The predicted molar refractivity (Wildman–Crippen MR) is 91.6 cm³/mol. The highest BCUT2D eigenvalue weighted by Gasteiger charge is 2.29. The van der Waals surface area contributed by atoms with Crippen LogP contribution in [-0.4, -0.2) is 42.5 Å². The van der Waals surface area contributed by atoms with Gasteiger partial charge in [0, 0.05) is 36.5 Å². The smallest absolute Gasteiger partial charge is 0.255 e. The van der Waals surface area contributed by atoms with Crippen LogP contribution in [0.15, 0.2) is 47.2 Å². The summed E-state index contributed by atoms with van der Waals surface area (Å²) in [6, 6.07) is 9.32. The van der Waals surface area contributed by atoms with Gasteiger partial charge in [-0.2, -0.15) is 0 Å². The number of pyridine rings is 1. The summed E-state index contributed by atoms with van der Waals surface area (Å²) >= 11 is 3.47. The zero-order chi connectivity index (χ0) is 16.2. The molecule has 1 atom stereocenters. The maximum Gasteiger partial charge on any atom is 0.255 e. The van der Waals surface area contributed by atoms with Gasteiger partial charge in [0.25, 0.3) is 5.91 Å². The van der Waals surface area contributed by atoms with E-state index in [1.54, 1.807) is 19.4 Å². The molecule has 3 rings (SSSR count). The van der Waals surface area contributed by atoms with Crippen molar-refractivity contribution in [2.24, 2.45) is 0 Å². The van der Waals surface area contributed by atoms with Gasteiger partial charge in [-0.05, 0) is 45.8 Å². The Labute approximate surface area is 143 Å². The molecule has 1 saturated heterocycles. The van der Waals surface area contributed by atoms with E-state index in [2.05, 4.69) is 26.2 Å². The number of halogens is 1. The third-order valence-corrected chi connectivity index (χ3v) is 4.67. The normalized spacial score (nSPS) is 17.8. The number of nitrogens with zero attached hydrogens (tertiary/aromatic N) is 2. The zero-order valence-electron chi connectivity index (χ0n) is 12.8. The van der Waals surface area contributed by atoms with Crippen LogP contribution in [0.2, 0.25) is 0 Å². The highest BCUT2D eigenvalue weighted by Crippen LogP contribution is 2.28. The molecule has 0 bridgehead atoms. The molecule has 2 heterocycles. The number of benzene rings is 1. The largest absolute Gasteiger partial charge is 0.497 e. The Hall–Kier alpha value is -1.92. The van der Waals surface area contributed by atoms with Gasteiger partial charge in [-0.3, -0.25) is 9.78 Å². The molecule has 5 nitrogen and oxygen atoms in total. The van der Waals surface area contributed by atoms with Gasteiger partial charge in [0.1, 0.15) is 5.75 Å². The van der Waals surface area contributed by atoms with Crippen molar-refractivity contribution in [3.8, 4) is 5.75 Å². The molecule has 1 aromatic carbocycles. The molecule has 0 saturated carbocycles. The summed E-state index contributed by atoms with van der Waals surface area (Å²) in [7, 11) is 1.60. The summed E-state index contributed by atoms with van der Waals surface area (Å²) < 4.78 is 6.02. The zero-order valence-corrected chi connectivity index (χ0v) is 14.4. The van der Waals surface area contributed by atoms with Crippen molar-refractivity contribution in [3.63, 3.8) is 0 Å². The van der Waals surface area contributed by atoms with Crippen LogP contribution in [0.25, 0.3) is 0 Å². The number of carbonyl (C=O) groups is 1. The second-order valence-corrected chi connectivity index (χ2v) is 6.20. The maximum absolute atomic E-state index is 13.1. The Balaban J connectivity index is 1.93. The van der Waals surface area contributed by atoms with Crippen molar-refractivity contribution in [3.05, 3.63) is 58.3 Å². The summed E-state index contributed by atoms with van der Waals surface area (Å²) in [5.41, 5.74) is 1.65. The SMILES string of the molecule is COc1ccc(Br)c(C(=O)N2CCNCC2c2cccnc2)c1. The second-order valence-electron chi connectivity index (χ2n) is 5.35. The van der Waals surface area contributed by atoms with Gasteiger partial charge in [0.05, 0.1) is 18.7 Å². The monoisotopic (exact) mass is 375 g/mol. The lowest BCUT2D eigenvalue weighted by atomic mass is 10.0. The molecule has 6 heteroatoms. The first-order valence-corrected chi connectivity index (χ1v) is 8.25. The third kappa shape index (κ3) is 3.38. The van der Waals surface area contributed by atoms with E-state index in [-0.39, 0.29) is 11.9 Å². The van der Waals surface area contributed by atoms with E-state index in [1.165, 1.54) is 0 Å². The summed E-state index contributed by atoms with van der Waals surface area (Å²) in [6.07, 6.45) is 3.56. The van der Waals surface area contributed by atoms with Crippen LogP contribution in [-0.2, 0) is 0 Å². The van der Waals surface area contributed by atoms with Crippen molar-refractivity contribution in [2.75, 3.05) is 26.7 Å². The van der Waals surface area contributed by atoms with Gasteiger partial charge in [-0.25, -0.2) is 0 Å². The first kappa shape index (κ1) is 16.0. The Morgan fingerprint density at radius 3 is 3.04 bits per heavy atom. The molecular weight excluding hydrogens is 358 g/mol. The molecule has 1 aliphatic rings. The summed E-state index contributed by atoms with van der Waals surface area (Å²) in [5, 5.41) is 3.35. The summed E-state index contributed by atoms with van der Waals surface area (Å²) in [6.45, 7) is 2.16. The van der Waals surface area contributed by atoms with Gasteiger partial charge in [-0.15, -0.1) is 0 Å². The average molecular weight is 376 g/mol. The predicted octanol–water partition coefficient (Wildman–Crippen LogP) is 2.64. The molecular formula is C17H18BrN3O2. The van der Waals surface area contributed by atoms with Crippen LogP contribution >= 0.6 is 15.9 Å². The second kappa shape index (κ2) is 7.10. The number of hydrogen-bond acceptors (Lipinski definition) is 4. The van der Waals surface area contributed by atoms with E-state index >= 15 is 0 Å². The molecule has 2 aromatic rings. The molecule has 1 aromatic heterocycles. The number of methoxy groups -OCH3 is 1. The van der Waals surface area contributed by atoms with E-state index in [4.69, 9.17) is 4.74 Å². The number of amides is 1. The fourth-order valence-electron chi connectivity index (χ4n) is 2.77. The fourth-order valence-corrected chi connectivity index (χ4v) is 3.18. The van der Waals surface area contributed by atoms with Gasteiger partial charge in [0.2, 0.25) is 0 Å². The lowest BCUT2D eigenvalue weighted by Crippen LogP contribution is -2.48. The van der Waals surface area contributed by atoms with E-state index in [0.29, 0.717) is 17.9 Å². The number of piperazine rings is 1. The Bertz CT molecular complexity index is 693. The van der Waals surface area contributed by atoms with E-state index in [1.807, 2.05) is 35.4 Å². The Kier molecular flexibility index (Phi) is 4.93. The van der Waals surface area contributed by atoms with Gasteiger partial charge >= 0.3 is 0 Å². The number of rotatable bonds is 3. The van der Waals surface area contributed by atoms with E-state index < -0.39 is 0 Å². The molecule has 1 amide bonds. The van der Waals surface area contributed by atoms with Crippen LogP contribution in [0.3, 0.4) is 0 Å². The Morgan fingerprint density at radius 1 is 1.43 bits per heavy atom. The van der Waals surface area contributed by atoms with Crippen molar-refractivity contribution >= 4 is 21.8 Å². The minimum atomic E-state index is -0.0250. The van der Waals surface area contributed by atoms with Gasteiger partial charge in [-0.1, -0.05) is 6.07 Å². The molecule has 0 aliphatic carbocycles. The maximum atomic E-state index is 13.1. The van der Waals surface area contributed by atoms with Crippen LogP contribution in [0.5, 0.6) is 5.75 Å². The molecule has 1 N–H and O–H groups in total. The fraction of sp³-hybridized carbons (Fsp3) is 0.294. The van der Waals surface area contributed by atoms with Crippen molar-refractivity contribution in [2.45, 2.75) is 6.04 Å². The summed E-state index contributed by atoms with van der Waals surface area (Å²) in [5.74, 6) is 0.663. The minimum absolute atomic E-state index is 0.00821. The lowest BCUT2D eigenvalue weighted by molar-refractivity contribution is 0.0632. The summed E-state index contributed by atoms with van der Waals surface area (Å²) in [4.78, 5) is 19.1. The van der Waals surface area contributed by atoms with Crippen LogP contribution in [0, 0.1) is 0 Å². The number of carbonyl (C=O) groups excluding carboxylic acids is 1. The third-order valence-electron chi connectivity index (χ3n) is 3.98. The van der Waals surface area contributed by atoms with Crippen molar-refractivity contribution in [1.29, 1.82) is 0 Å². The van der Waals surface area contributed by atoms with Crippen molar-refractivity contribution < 1.29 is 9.53 Å². The molecule has 0 radical (unpaired) electrons. The molecule has 1 fully saturated rings. The topological polar surface area (TPSA) is 54.5 Å². The minimum Gasteiger partial charge on any atom is -0.497 e. The molecule has 1 aliphatic heterocycles. The number of nitrogens with one attached hydrogen (secondary N) is 1. The lowest BCUT2D eigenvalue weighted by Gasteiger charge is -2.36.